The second-order valence-corrected chi connectivity index (χ2v) is 18.4. The lowest BCUT2D eigenvalue weighted by Gasteiger charge is -2.30. The molecule has 0 radical (unpaired) electrons. The Labute approximate surface area is 392 Å². The smallest absolute Gasteiger partial charge is 0.407 e. The van der Waals surface area contributed by atoms with Gasteiger partial charge in [0.1, 0.15) is 40.8 Å². The van der Waals surface area contributed by atoms with Gasteiger partial charge in [0, 0.05) is 47.6 Å². The fourth-order valence-corrected chi connectivity index (χ4v) is 9.99. The minimum Gasteiger partial charge on any atom is -0.463 e. The Morgan fingerprint density at radius 3 is 1.91 bits per heavy atom. The summed E-state index contributed by atoms with van der Waals surface area (Å²) in [5, 5.41) is 6.43. The molecule has 0 bridgehead atoms. The number of benzene rings is 2. The number of nitrogens with one attached hydrogen (secondary N) is 4. The number of hydrogen-bond donors (Lipinski definition) is 4. The molecule has 5 atom stereocenters. The monoisotopic (exact) mass is 921 g/mol. The molecule has 2 aromatic carbocycles. The van der Waals surface area contributed by atoms with Crippen molar-refractivity contribution in [3.05, 3.63) is 103 Å². The third-order valence-electron chi connectivity index (χ3n) is 13.5. The number of aromatic nitrogens is 7. The fraction of sp³-hybridized carbons (Fsp3) is 0.380. The van der Waals surface area contributed by atoms with E-state index in [2.05, 4.69) is 55.5 Å². The van der Waals surface area contributed by atoms with Gasteiger partial charge in [0.05, 0.1) is 61.3 Å². The van der Waals surface area contributed by atoms with Gasteiger partial charge in [-0.2, -0.15) is 0 Å². The minimum atomic E-state index is -0.730. The molecule has 0 spiro atoms. The topological polar surface area (TPSA) is 206 Å². The van der Waals surface area contributed by atoms with Gasteiger partial charge in [-0.3, -0.25) is 14.2 Å². The molecule has 3 aliphatic rings. The minimum absolute atomic E-state index is 0.136. The molecule has 5 aromatic heterocycles. The van der Waals surface area contributed by atoms with Crippen LogP contribution in [0, 0.1) is 11.8 Å². The second kappa shape index (κ2) is 17.9. The summed E-state index contributed by atoms with van der Waals surface area (Å²) in [6.45, 7) is 8.72. The van der Waals surface area contributed by atoms with Crippen LogP contribution >= 0.6 is 0 Å². The van der Waals surface area contributed by atoms with Crippen LogP contribution in [0.1, 0.15) is 89.0 Å². The molecule has 18 heteroatoms. The van der Waals surface area contributed by atoms with Gasteiger partial charge in [-0.25, -0.2) is 24.5 Å². The summed E-state index contributed by atoms with van der Waals surface area (Å²) >= 11 is 0. The van der Waals surface area contributed by atoms with Crippen molar-refractivity contribution in [1.82, 2.24) is 54.3 Å². The molecule has 0 aliphatic carbocycles. The van der Waals surface area contributed by atoms with Crippen molar-refractivity contribution >= 4 is 40.6 Å². The first-order chi connectivity index (χ1) is 32.9. The molecule has 2 saturated heterocycles. The van der Waals surface area contributed by atoms with Gasteiger partial charge >= 0.3 is 12.2 Å². The van der Waals surface area contributed by atoms with Crippen LogP contribution in [0.25, 0.3) is 50.3 Å². The van der Waals surface area contributed by atoms with Crippen molar-refractivity contribution in [3.63, 3.8) is 0 Å². The Kier molecular flexibility index (Phi) is 11.6. The summed E-state index contributed by atoms with van der Waals surface area (Å²) in [7, 11) is 2.58. The number of imidazole rings is 3. The Morgan fingerprint density at radius 2 is 1.34 bits per heavy atom. The number of likely N-dealkylation sites (tertiary alicyclic amines) is 2. The highest BCUT2D eigenvalue weighted by Gasteiger charge is 2.39. The van der Waals surface area contributed by atoms with E-state index in [9.17, 15) is 19.2 Å². The van der Waals surface area contributed by atoms with Gasteiger partial charge in [0.15, 0.2) is 0 Å². The molecular formula is C50H55N11O7. The number of methoxy groups -OCH3 is 2. The average molecular weight is 922 g/mol. The normalized spacial score (nSPS) is 18.7. The van der Waals surface area contributed by atoms with Crippen LogP contribution in [-0.4, -0.2) is 107 Å². The number of carbonyl (C=O) groups excluding carboxylic acids is 4. The van der Waals surface area contributed by atoms with Crippen molar-refractivity contribution < 1.29 is 33.4 Å². The quantitative estimate of drug-likeness (QED) is 0.0992. The maximum Gasteiger partial charge on any atom is 0.407 e. The zero-order valence-corrected chi connectivity index (χ0v) is 38.9. The number of hydrogen-bond acceptors (Lipinski definition) is 10. The predicted octanol–water partition coefficient (Wildman–Crippen LogP) is 7.76. The molecule has 7 aromatic rings. The van der Waals surface area contributed by atoms with Crippen LogP contribution in [0.3, 0.4) is 0 Å². The highest BCUT2D eigenvalue weighted by atomic mass is 16.5. The molecule has 10 rings (SSSR count). The molecule has 2 fully saturated rings. The Bertz CT molecular complexity index is 3020. The lowest BCUT2D eigenvalue weighted by Crippen LogP contribution is -2.51. The van der Waals surface area contributed by atoms with Gasteiger partial charge in [-0.15, -0.1) is 0 Å². The van der Waals surface area contributed by atoms with Crippen molar-refractivity contribution in [2.75, 3.05) is 27.3 Å². The summed E-state index contributed by atoms with van der Waals surface area (Å²) in [5.74, 6) is 1.44. The van der Waals surface area contributed by atoms with Crippen molar-refractivity contribution in [3.8, 4) is 39.5 Å². The van der Waals surface area contributed by atoms with E-state index >= 15 is 0 Å². The van der Waals surface area contributed by atoms with Gasteiger partial charge in [0.2, 0.25) is 18.0 Å². The van der Waals surface area contributed by atoms with Crippen LogP contribution in [-0.2, 0) is 19.1 Å². The zero-order chi connectivity index (χ0) is 47.4. The fourth-order valence-electron chi connectivity index (χ4n) is 9.99. The third-order valence-corrected chi connectivity index (χ3v) is 13.5. The number of H-pyrrole nitrogens is 2. The Hall–Kier alpha value is -7.63. The van der Waals surface area contributed by atoms with Crippen LogP contribution < -0.4 is 15.4 Å². The van der Waals surface area contributed by atoms with Crippen molar-refractivity contribution in [2.45, 2.75) is 83.8 Å². The number of fused-ring (bicyclic) bond motifs is 6. The maximum atomic E-state index is 13.8. The standard InChI is InChI=1S/C50H55N11O7/c1-27(2)42(56-49(64)66-5)46(62)59-19-9-11-37(59)44-51-24-33(54-44)29-15-17-36-31(21-29)22-39-32-16-14-30(23-40(32)68-48(61(36)39)35-26-58-18-8-7-13-41(58)53-35)34-25-52-45(55-34)38-12-10-20-60(38)47(63)43(28(3)4)57-50(65)67-6/h7-8,13-18,21-28,37-38,42-43,48H,9-12,19-20H2,1-6H3,(H,51,54)(H,52,55)(H,56,64)(H,57,65)/t37-,38-,42+,43+,48?/m0/s1. The van der Waals surface area contributed by atoms with E-state index in [4.69, 9.17) is 29.2 Å². The second-order valence-electron chi connectivity index (χ2n) is 18.4. The number of rotatable bonds is 11. The Balaban J connectivity index is 0.962. The molecular weight excluding hydrogens is 867 g/mol. The first kappa shape index (κ1) is 44.2. The largest absolute Gasteiger partial charge is 0.463 e. The van der Waals surface area contributed by atoms with Crippen molar-refractivity contribution in [1.29, 1.82) is 0 Å². The number of nitrogens with zero attached hydrogens (tertiary/aromatic N) is 7. The lowest BCUT2D eigenvalue weighted by molar-refractivity contribution is -0.136. The SMILES string of the molecule is COC(=O)N[C@@H](C(=O)N1CCC[C@H]1c1ncc(-c2ccc3c(c2)OC(c2cn4ccccc4n2)n2c-3cc3cc(-c4cnc([C@@H]5CCCN5C(=O)[C@H](NC(=O)OC)C(C)C)[nH]4)ccc32)[nH]1)C(C)C. The maximum absolute atomic E-state index is 13.8. The molecule has 18 nitrogen and oxygen atoms in total. The van der Waals surface area contributed by atoms with E-state index < -0.39 is 30.5 Å². The van der Waals surface area contributed by atoms with E-state index in [1.54, 1.807) is 11.1 Å². The number of pyridine rings is 1. The average Bonchev–Trinajstić information content (AvgIpc) is 4.20. The lowest BCUT2D eigenvalue weighted by atomic mass is 10.0. The molecule has 3 aliphatic heterocycles. The predicted molar refractivity (Wildman–Crippen MR) is 252 cm³/mol. The van der Waals surface area contributed by atoms with Crippen LogP contribution in [0.5, 0.6) is 5.75 Å². The van der Waals surface area contributed by atoms with Crippen LogP contribution in [0.15, 0.2) is 85.5 Å². The third kappa shape index (κ3) is 7.96. The van der Waals surface area contributed by atoms with E-state index in [0.29, 0.717) is 30.5 Å². The van der Waals surface area contributed by atoms with E-state index in [-0.39, 0.29) is 35.7 Å². The molecule has 0 saturated carbocycles. The summed E-state index contributed by atoms with van der Waals surface area (Å²) in [5.41, 5.74) is 7.76. The summed E-state index contributed by atoms with van der Waals surface area (Å²) in [6.07, 6.45) is 8.80. The van der Waals surface area contributed by atoms with Gasteiger partial charge in [-0.05, 0) is 80.0 Å². The summed E-state index contributed by atoms with van der Waals surface area (Å²) in [6, 6.07) is 18.5. The molecule has 4 amide bonds. The van der Waals surface area contributed by atoms with E-state index in [0.717, 1.165) is 81.7 Å². The van der Waals surface area contributed by atoms with Gasteiger partial charge in [0.25, 0.3) is 0 Å². The number of carbonyl (C=O) groups is 4. The highest BCUT2D eigenvalue weighted by molar-refractivity contribution is 5.93. The van der Waals surface area contributed by atoms with E-state index in [1.165, 1.54) is 14.2 Å². The van der Waals surface area contributed by atoms with Gasteiger partial charge < -0.3 is 49.0 Å². The zero-order valence-electron chi connectivity index (χ0n) is 38.9. The molecule has 4 N–H and O–H groups in total. The Morgan fingerprint density at radius 1 is 0.750 bits per heavy atom. The number of ether oxygens (including phenoxy) is 3. The van der Waals surface area contributed by atoms with Crippen LogP contribution in [0.2, 0.25) is 0 Å². The highest BCUT2D eigenvalue weighted by Crippen LogP contribution is 2.46. The molecule has 8 heterocycles. The van der Waals surface area contributed by atoms with Gasteiger partial charge in [-0.1, -0.05) is 45.9 Å². The summed E-state index contributed by atoms with van der Waals surface area (Å²) in [4.78, 5) is 77.2. The number of amides is 4. The molecule has 1 unspecified atom stereocenters. The summed E-state index contributed by atoms with van der Waals surface area (Å²) < 4.78 is 20.8. The van der Waals surface area contributed by atoms with Crippen molar-refractivity contribution in [2.24, 2.45) is 11.8 Å². The number of aromatic amines is 2. The van der Waals surface area contributed by atoms with E-state index in [1.807, 2.05) is 85.9 Å². The van der Waals surface area contributed by atoms with Crippen LogP contribution in [0.4, 0.5) is 9.59 Å². The molecule has 68 heavy (non-hydrogen) atoms. The molecule has 352 valence electrons. The first-order valence-electron chi connectivity index (χ1n) is 23.2. The first-order valence-corrected chi connectivity index (χ1v) is 23.2. The number of alkyl carbamates (subject to hydrolysis) is 2.